The molecule has 0 aliphatic rings. The second-order valence-electron chi connectivity index (χ2n) is 3.47. The maximum absolute atomic E-state index is 11.5. The second kappa shape index (κ2) is 5.38. The van der Waals surface area contributed by atoms with Crippen molar-refractivity contribution in [2.45, 2.75) is 4.90 Å². The maximum Gasteiger partial charge on any atom is 0.261 e. The Morgan fingerprint density at radius 2 is 2.12 bits per heavy atom. The summed E-state index contributed by atoms with van der Waals surface area (Å²) in [4.78, 5) is 14.6. The fraction of sp³-hybridized carbons (Fsp3) is 0.154. The van der Waals surface area contributed by atoms with Crippen LogP contribution in [0.3, 0.4) is 0 Å². The van der Waals surface area contributed by atoms with Crippen LogP contribution in [-0.4, -0.2) is 19.2 Å². The molecule has 2 aromatic rings. The van der Waals surface area contributed by atoms with Crippen molar-refractivity contribution >= 4 is 29.0 Å². The first-order chi connectivity index (χ1) is 8.24. The van der Waals surface area contributed by atoms with Crippen molar-refractivity contribution in [3.63, 3.8) is 0 Å². The highest BCUT2D eigenvalue weighted by atomic mass is 32.2. The van der Waals surface area contributed by atoms with Gasteiger partial charge in [0, 0.05) is 16.8 Å². The average molecular weight is 263 g/mol. The van der Waals surface area contributed by atoms with E-state index in [4.69, 9.17) is 0 Å². The van der Waals surface area contributed by atoms with Gasteiger partial charge in [-0.15, -0.1) is 23.1 Å². The minimum absolute atomic E-state index is 0.0257. The molecule has 88 valence electrons. The van der Waals surface area contributed by atoms with Gasteiger partial charge in [0.15, 0.2) is 0 Å². The third kappa shape index (κ3) is 2.70. The molecule has 0 aliphatic carbocycles. The molecule has 0 spiro atoms. The van der Waals surface area contributed by atoms with E-state index in [1.165, 1.54) is 16.2 Å². The highest BCUT2D eigenvalue weighted by molar-refractivity contribution is 7.98. The molecule has 2 nitrogen and oxygen atoms in total. The van der Waals surface area contributed by atoms with Crippen LogP contribution in [0.15, 0.2) is 41.3 Å². The molecule has 0 unspecified atom stereocenters. The minimum Gasteiger partial charge on any atom is -0.354 e. The van der Waals surface area contributed by atoms with E-state index in [-0.39, 0.29) is 5.91 Å². The summed E-state index contributed by atoms with van der Waals surface area (Å²) in [7, 11) is 1.65. The first kappa shape index (κ1) is 12.2. The van der Waals surface area contributed by atoms with Gasteiger partial charge in [0.1, 0.15) is 0 Å². The lowest BCUT2D eigenvalue weighted by molar-refractivity contribution is 0.0967. The Hall–Kier alpha value is -1.26. The zero-order valence-electron chi connectivity index (χ0n) is 9.69. The Morgan fingerprint density at radius 1 is 1.29 bits per heavy atom. The average Bonchev–Trinajstić information content (AvgIpc) is 2.87. The van der Waals surface area contributed by atoms with Gasteiger partial charge < -0.3 is 5.32 Å². The van der Waals surface area contributed by atoms with Gasteiger partial charge in [0.25, 0.3) is 5.91 Å². The van der Waals surface area contributed by atoms with Gasteiger partial charge in [-0.25, -0.2) is 0 Å². The fourth-order valence-corrected chi connectivity index (χ4v) is 2.92. The topological polar surface area (TPSA) is 29.1 Å². The van der Waals surface area contributed by atoms with Crippen molar-refractivity contribution in [1.29, 1.82) is 0 Å². The molecule has 4 heteroatoms. The molecule has 17 heavy (non-hydrogen) atoms. The highest BCUT2D eigenvalue weighted by Gasteiger charge is 2.08. The Bertz CT molecular complexity index is 534. The van der Waals surface area contributed by atoms with Gasteiger partial charge >= 0.3 is 0 Å². The van der Waals surface area contributed by atoms with Crippen LogP contribution in [0.2, 0.25) is 0 Å². The molecule has 0 radical (unpaired) electrons. The zero-order valence-corrected chi connectivity index (χ0v) is 11.3. The molecular weight excluding hydrogens is 250 g/mol. The van der Waals surface area contributed by atoms with Crippen molar-refractivity contribution in [3.05, 3.63) is 41.3 Å². The number of hydrogen-bond donors (Lipinski definition) is 1. The number of hydrogen-bond acceptors (Lipinski definition) is 3. The summed E-state index contributed by atoms with van der Waals surface area (Å²) >= 11 is 3.24. The Morgan fingerprint density at radius 3 is 2.82 bits per heavy atom. The molecule has 1 aromatic carbocycles. The van der Waals surface area contributed by atoms with E-state index in [1.54, 1.807) is 18.8 Å². The molecule has 0 atom stereocenters. The van der Waals surface area contributed by atoms with E-state index in [2.05, 4.69) is 29.8 Å². The normalized spacial score (nSPS) is 10.2. The van der Waals surface area contributed by atoms with Crippen LogP contribution in [0, 0.1) is 0 Å². The summed E-state index contributed by atoms with van der Waals surface area (Å²) < 4.78 is 0. The molecule has 1 aromatic heterocycles. The zero-order chi connectivity index (χ0) is 12.3. The first-order valence-electron chi connectivity index (χ1n) is 5.21. The predicted molar refractivity (Wildman–Crippen MR) is 74.9 cm³/mol. The molecule has 1 N–H and O–H groups in total. The minimum atomic E-state index is -0.0257. The van der Waals surface area contributed by atoms with Gasteiger partial charge in [-0.2, -0.15) is 0 Å². The van der Waals surface area contributed by atoms with Crippen LogP contribution in [0.25, 0.3) is 10.4 Å². The van der Waals surface area contributed by atoms with E-state index in [9.17, 15) is 4.79 Å². The van der Waals surface area contributed by atoms with Crippen molar-refractivity contribution in [2.75, 3.05) is 13.3 Å². The van der Waals surface area contributed by atoms with Crippen LogP contribution in [0.1, 0.15) is 9.67 Å². The van der Waals surface area contributed by atoms with E-state index in [0.29, 0.717) is 0 Å². The molecular formula is C13H13NOS2. The number of amides is 1. The van der Waals surface area contributed by atoms with Crippen LogP contribution in [0.4, 0.5) is 0 Å². The lowest BCUT2D eigenvalue weighted by atomic mass is 10.2. The molecule has 0 aliphatic heterocycles. The van der Waals surface area contributed by atoms with E-state index in [0.717, 1.165) is 15.3 Å². The number of benzene rings is 1. The number of thioether (sulfide) groups is 1. The summed E-state index contributed by atoms with van der Waals surface area (Å²) in [6.07, 6.45) is 2.06. The first-order valence-corrected chi connectivity index (χ1v) is 7.25. The van der Waals surface area contributed by atoms with Crippen LogP contribution in [0.5, 0.6) is 0 Å². The van der Waals surface area contributed by atoms with Crippen molar-refractivity contribution in [2.24, 2.45) is 0 Å². The lowest BCUT2D eigenvalue weighted by Crippen LogP contribution is -2.15. The summed E-state index contributed by atoms with van der Waals surface area (Å²) in [6, 6.07) is 12.2. The van der Waals surface area contributed by atoms with Crippen molar-refractivity contribution < 1.29 is 4.79 Å². The SMILES string of the molecule is CNC(=O)c1ccc(-c2cccc(SC)c2)s1. The largest absolute Gasteiger partial charge is 0.354 e. The van der Waals surface area contributed by atoms with Gasteiger partial charge in [-0.1, -0.05) is 12.1 Å². The number of rotatable bonds is 3. The smallest absolute Gasteiger partial charge is 0.261 e. The summed E-state index contributed by atoms with van der Waals surface area (Å²) in [6.45, 7) is 0. The van der Waals surface area contributed by atoms with Crippen LogP contribution in [-0.2, 0) is 0 Å². The third-order valence-electron chi connectivity index (χ3n) is 2.41. The maximum atomic E-state index is 11.5. The number of nitrogens with one attached hydrogen (secondary N) is 1. The van der Waals surface area contributed by atoms with Gasteiger partial charge in [0.2, 0.25) is 0 Å². The Labute approximate surface area is 109 Å². The van der Waals surface area contributed by atoms with Crippen LogP contribution >= 0.6 is 23.1 Å². The Kier molecular flexibility index (Phi) is 3.86. The molecule has 0 bridgehead atoms. The summed E-state index contributed by atoms with van der Waals surface area (Å²) in [5.74, 6) is -0.0257. The summed E-state index contributed by atoms with van der Waals surface area (Å²) in [5, 5.41) is 2.64. The fourth-order valence-electron chi connectivity index (χ4n) is 1.51. The molecule has 0 fully saturated rings. The monoisotopic (exact) mass is 263 g/mol. The lowest BCUT2D eigenvalue weighted by Gasteiger charge is -2.00. The van der Waals surface area contributed by atoms with Crippen molar-refractivity contribution in [3.8, 4) is 10.4 Å². The van der Waals surface area contributed by atoms with Gasteiger partial charge in [0.05, 0.1) is 4.88 Å². The van der Waals surface area contributed by atoms with Crippen LogP contribution < -0.4 is 5.32 Å². The molecule has 1 heterocycles. The van der Waals surface area contributed by atoms with Gasteiger partial charge in [-0.3, -0.25) is 4.79 Å². The number of thiophene rings is 1. The van der Waals surface area contributed by atoms with Crippen molar-refractivity contribution in [1.82, 2.24) is 5.32 Å². The van der Waals surface area contributed by atoms with E-state index in [1.807, 2.05) is 18.2 Å². The number of carbonyl (C=O) groups excluding carboxylic acids is 1. The molecule has 0 saturated heterocycles. The molecule has 0 saturated carbocycles. The Balaban J connectivity index is 2.33. The highest BCUT2D eigenvalue weighted by Crippen LogP contribution is 2.30. The molecule has 1 amide bonds. The quantitative estimate of drug-likeness (QED) is 0.859. The standard InChI is InChI=1S/C13H13NOS2/c1-14-13(15)12-7-6-11(17-12)9-4-3-5-10(8-9)16-2/h3-8H,1-2H3,(H,14,15). The summed E-state index contributed by atoms with van der Waals surface area (Å²) in [5.41, 5.74) is 1.16. The number of carbonyl (C=O) groups is 1. The predicted octanol–water partition coefficient (Wildman–Crippen LogP) is 3.50. The van der Waals surface area contributed by atoms with E-state index < -0.39 is 0 Å². The molecule has 2 rings (SSSR count). The van der Waals surface area contributed by atoms with Gasteiger partial charge in [-0.05, 0) is 36.1 Å². The van der Waals surface area contributed by atoms with E-state index >= 15 is 0 Å². The second-order valence-corrected chi connectivity index (χ2v) is 5.44. The third-order valence-corrected chi connectivity index (χ3v) is 4.27.